The van der Waals surface area contributed by atoms with Gasteiger partial charge in [-0.3, -0.25) is 0 Å². The zero-order valence-electron chi connectivity index (χ0n) is 11.8. The number of carbonyl (C=O) groups is 1. The molecule has 0 saturated heterocycles. The highest BCUT2D eigenvalue weighted by Gasteiger charge is 2.12. The molecular formula is C16H13BrN2O2S. The van der Waals surface area contributed by atoms with Gasteiger partial charge >= 0.3 is 5.97 Å². The van der Waals surface area contributed by atoms with Crippen LogP contribution in [-0.2, 0) is 18.4 Å². The first-order chi connectivity index (χ1) is 10.6. The van der Waals surface area contributed by atoms with Crippen LogP contribution in [0.1, 0.15) is 16.2 Å². The molecule has 0 spiro atoms. The van der Waals surface area contributed by atoms with E-state index in [0.29, 0.717) is 5.69 Å². The number of carbonyl (C=O) groups excluding carboxylic acids is 1. The van der Waals surface area contributed by atoms with Gasteiger partial charge < -0.3 is 9.30 Å². The molecule has 2 heterocycles. The molecule has 112 valence electrons. The Morgan fingerprint density at radius 2 is 2.23 bits per heavy atom. The van der Waals surface area contributed by atoms with Gasteiger partial charge in [-0.2, -0.15) is 0 Å². The minimum Gasteiger partial charge on any atom is -0.454 e. The molecule has 3 aromatic rings. The van der Waals surface area contributed by atoms with Gasteiger partial charge in [0.1, 0.15) is 17.3 Å². The molecular weight excluding hydrogens is 364 g/mol. The van der Waals surface area contributed by atoms with Crippen molar-refractivity contribution in [1.29, 1.82) is 0 Å². The van der Waals surface area contributed by atoms with Gasteiger partial charge in [0.2, 0.25) is 0 Å². The molecule has 0 atom stereocenters. The number of nitrogens with zero attached hydrogens (tertiary/aromatic N) is 2. The normalized spacial score (nSPS) is 10.6. The molecule has 0 N–H and O–H groups in total. The first-order valence-corrected chi connectivity index (χ1v) is 8.29. The number of esters is 1. The van der Waals surface area contributed by atoms with Crippen LogP contribution in [0.25, 0.3) is 10.6 Å². The Hall–Kier alpha value is -1.92. The molecule has 0 aliphatic rings. The number of halogens is 1. The van der Waals surface area contributed by atoms with Gasteiger partial charge in [0.25, 0.3) is 0 Å². The van der Waals surface area contributed by atoms with Gasteiger partial charge in [0, 0.05) is 28.7 Å². The molecule has 4 nitrogen and oxygen atoms in total. The quantitative estimate of drug-likeness (QED) is 0.638. The van der Waals surface area contributed by atoms with Crippen molar-refractivity contribution in [1.82, 2.24) is 9.55 Å². The maximum Gasteiger partial charge on any atom is 0.355 e. The van der Waals surface area contributed by atoms with Gasteiger partial charge in [-0.25, -0.2) is 9.78 Å². The summed E-state index contributed by atoms with van der Waals surface area (Å²) in [7, 11) is 1.81. The topological polar surface area (TPSA) is 44.1 Å². The highest BCUT2D eigenvalue weighted by molar-refractivity contribution is 9.10. The Labute approximate surface area is 140 Å². The summed E-state index contributed by atoms with van der Waals surface area (Å²) in [4.78, 5) is 16.5. The minimum absolute atomic E-state index is 0.175. The molecule has 0 unspecified atom stereocenters. The molecule has 0 radical (unpaired) electrons. The molecule has 2 aromatic heterocycles. The Kier molecular flexibility index (Phi) is 4.40. The fourth-order valence-electron chi connectivity index (χ4n) is 2.01. The van der Waals surface area contributed by atoms with Crippen LogP contribution < -0.4 is 0 Å². The van der Waals surface area contributed by atoms with Gasteiger partial charge in [0.05, 0.1) is 5.69 Å². The van der Waals surface area contributed by atoms with E-state index in [-0.39, 0.29) is 12.6 Å². The monoisotopic (exact) mass is 376 g/mol. The molecule has 6 heteroatoms. The van der Waals surface area contributed by atoms with E-state index in [2.05, 4.69) is 20.9 Å². The number of aromatic nitrogens is 2. The second kappa shape index (κ2) is 6.46. The van der Waals surface area contributed by atoms with E-state index < -0.39 is 0 Å². The standard InChI is InChI=1S/C16H13BrN2O2S/c1-19-7-3-6-14(19)16(20)21-9-13-10-22-15(18-13)11-4-2-5-12(17)8-11/h2-8,10H,9H2,1H3. The summed E-state index contributed by atoms with van der Waals surface area (Å²) in [5, 5.41) is 2.82. The third-order valence-electron chi connectivity index (χ3n) is 3.13. The highest BCUT2D eigenvalue weighted by atomic mass is 79.9. The van der Waals surface area contributed by atoms with E-state index in [1.54, 1.807) is 10.6 Å². The third-order valence-corrected chi connectivity index (χ3v) is 4.56. The summed E-state index contributed by atoms with van der Waals surface area (Å²) in [5.41, 5.74) is 2.32. The molecule has 0 amide bonds. The maximum atomic E-state index is 11.9. The Bertz CT molecular complexity index is 810. The van der Waals surface area contributed by atoms with E-state index in [0.717, 1.165) is 20.7 Å². The van der Waals surface area contributed by atoms with Crippen molar-refractivity contribution in [2.75, 3.05) is 0 Å². The van der Waals surface area contributed by atoms with Crippen molar-refractivity contribution in [3.05, 3.63) is 63.8 Å². The Balaban J connectivity index is 1.67. The number of benzene rings is 1. The number of aryl methyl sites for hydroxylation is 1. The molecule has 1 aromatic carbocycles. The number of ether oxygens (including phenoxy) is 1. The fraction of sp³-hybridized carbons (Fsp3) is 0.125. The average molecular weight is 377 g/mol. The van der Waals surface area contributed by atoms with Crippen LogP contribution in [0.3, 0.4) is 0 Å². The van der Waals surface area contributed by atoms with Crippen molar-refractivity contribution < 1.29 is 9.53 Å². The predicted molar refractivity (Wildman–Crippen MR) is 89.8 cm³/mol. The number of rotatable bonds is 4. The SMILES string of the molecule is Cn1cccc1C(=O)OCc1csc(-c2cccc(Br)c2)n1. The van der Waals surface area contributed by atoms with Crippen LogP contribution in [0.5, 0.6) is 0 Å². The smallest absolute Gasteiger partial charge is 0.355 e. The summed E-state index contributed by atoms with van der Waals surface area (Å²) < 4.78 is 8.04. The lowest BCUT2D eigenvalue weighted by Crippen LogP contribution is -2.09. The zero-order valence-corrected chi connectivity index (χ0v) is 14.2. The predicted octanol–water partition coefficient (Wildman–Crippen LogP) is 4.27. The summed E-state index contributed by atoms with van der Waals surface area (Å²) in [5.74, 6) is -0.343. The van der Waals surface area contributed by atoms with Crippen LogP contribution in [-0.4, -0.2) is 15.5 Å². The molecule has 22 heavy (non-hydrogen) atoms. The maximum absolute atomic E-state index is 11.9. The molecule has 0 fully saturated rings. The molecule has 0 saturated carbocycles. The van der Waals surface area contributed by atoms with Crippen LogP contribution in [0.4, 0.5) is 0 Å². The van der Waals surface area contributed by atoms with E-state index >= 15 is 0 Å². The first kappa shape index (κ1) is 15.0. The van der Waals surface area contributed by atoms with E-state index in [9.17, 15) is 4.79 Å². The van der Waals surface area contributed by atoms with E-state index in [4.69, 9.17) is 4.74 Å². The van der Waals surface area contributed by atoms with Crippen molar-refractivity contribution in [3.8, 4) is 10.6 Å². The fourth-order valence-corrected chi connectivity index (χ4v) is 3.21. The van der Waals surface area contributed by atoms with Gasteiger partial charge in [-0.15, -0.1) is 11.3 Å². The van der Waals surface area contributed by atoms with E-state index in [1.807, 2.05) is 49.0 Å². The van der Waals surface area contributed by atoms with E-state index in [1.165, 1.54) is 11.3 Å². The second-order valence-electron chi connectivity index (χ2n) is 4.73. The van der Waals surface area contributed by atoms with Crippen LogP contribution in [0, 0.1) is 0 Å². The highest BCUT2D eigenvalue weighted by Crippen LogP contribution is 2.26. The third kappa shape index (κ3) is 3.28. The van der Waals surface area contributed by atoms with Crippen LogP contribution in [0.2, 0.25) is 0 Å². The number of hydrogen-bond donors (Lipinski definition) is 0. The summed E-state index contributed by atoms with van der Waals surface area (Å²) in [6.45, 7) is 0.175. The van der Waals surface area contributed by atoms with Gasteiger partial charge in [-0.05, 0) is 24.3 Å². The first-order valence-electron chi connectivity index (χ1n) is 6.62. The second-order valence-corrected chi connectivity index (χ2v) is 6.51. The van der Waals surface area contributed by atoms with Gasteiger partial charge in [-0.1, -0.05) is 28.1 Å². The Morgan fingerprint density at radius 1 is 1.36 bits per heavy atom. The molecule has 0 bridgehead atoms. The number of hydrogen-bond acceptors (Lipinski definition) is 4. The molecule has 0 aliphatic heterocycles. The largest absolute Gasteiger partial charge is 0.454 e. The lowest BCUT2D eigenvalue weighted by molar-refractivity contribution is 0.0457. The lowest BCUT2D eigenvalue weighted by atomic mass is 10.2. The Morgan fingerprint density at radius 3 is 2.95 bits per heavy atom. The summed E-state index contributed by atoms with van der Waals surface area (Å²) in [6.07, 6.45) is 1.81. The number of thiazole rings is 1. The van der Waals surface area contributed by atoms with Crippen molar-refractivity contribution >= 4 is 33.2 Å². The summed E-state index contributed by atoms with van der Waals surface area (Å²) in [6, 6.07) is 11.5. The molecule has 3 rings (SSSR count). The zero-order chi connectivity index (χ0) is 15.5. The average Bonchev–Trinajstić information content (AvgIpc) is 3.14. The van der Waals surface area contributed by atoms with Crippen molar-refractivity contribution in [3.63, 3.8) is 0 Å². The van der Waals surface area contributed by atoms with Crippen molar-refractivity contribution in [2.45, 2.75) is 6.61 Å². The summed E-state index contributed by atoms with van der Waals surface area (Å²) >= 11 is 4.99. The van der Waals surface area contributed by atoms with Gasteiger partial charge in [0.15, 0.2) is 0 Å². The molecule has 0 aliphatic carbocycles. The van der Waals surface area contributed by atoms with Crippen LogP contribution >= 0.6 is 27.3 Å². The lowest BCUT2D eigenvalue weighted by Gasteiger charge is -2.03. The van der Waals surface area contributed by atoms with Crippen LogP contribution in [0.15, 0.2) is 52.4 Å². The minimum atomic E-state index is -0.343. The van der Waals surface area contributed by atoms with Crippen molar-refractivity contribution in [2.24, 2.45) is 7.05 Å².